The van der Waals surface area contributed by atoms with Gasteiger partial charge in [-0.3, -0.25) is 4.98 Å². The maximum atomic E-state index is 5.90. The summed E-state index contributed by atoms with van der Waals surface area (Å²) < 4.78 is 1.01. The number of likely N-dealkylation sites (N-methyl/N-ethyl adjacent to an activating group) is 1. The van der Waals surface area contributed by atoms with Crippen molar-refractivity contribution in [2.45, 2.75) is 12.5 Å². The Hall–Kier alpha value is -0.900. The molecule has 2 rings (SSSR count). The Kier molecular flexibility index (Phi) is 4.75. The molecule has 0 fully saturated rings. The van der Waals surface area contributed by atoms with Gasteiger partial charge in [0.1, 0.15) is 0 Å². The highest BCUT2D eigenvalue weighted by Gasteiger charge is 2.10. The van der Waals surface area contributed by atoms with Crippen molar-refractivity contribution < 1.29 is 0 Å². The molecule has 0 aliphatic rings. The van der Waals surface area contributed by atoms with Gasteiger partial charge in [-0.1, -0.05) is 23.7 Å². The first kappa shape index (κ1) is 13.5. The van der Waals surface area contributed by atoms with E-state index < -0.39 is 0 Å². The second-order valence-corrected chi connectivity index (χ2v) is 5.46. The minimum atomic E-state index is 0.262. The van der Waals surface area contributed by atoms with Crippen LogP contribution in [0.25, 0.3) is 0 Å². The van der Waals surface area contributed by atoms with E-state index in [1.165, 1.54) is 11.1 Å². The molecule has 18 heavy (non-hydrogen) atoms. The predicted octanol–water partition coefficient (Wildman–Crippen LogP) is 4.00. The maximum Gasteiger partial charge on any atom is 0.0410 e. The number of rotatable bonds is 4. The average Bonchev–Trinajstić information content (AvgIpc) is 2.37. The fraction of sp³-hybridized carbons (Fsp3) is 0.214. The number of hydrogen-bond donors (Lipinski definition) is 1. The molecule has 0 saturated heterocycles. The lowest BCUT2D eigenvalue weighted by molar-refractivity contribution is 0.591. The number of hydrogen-bond acceptors (Lipinski definition) is 2. The van der Waals surface area contributed by atoms with Crippen LogP contribution in [0.15, 0.2) is 47.2 Å². The van der Waals surface area contributed by atoms with Gasteiger partial charge in [0.25, 0.3) is 0 Å². The molecule has 2 nitrogen and oxygen atoms in total. The minimum Gasteiger partial charge on any atom is -0.313 e. The predicted molar refractivity (Wildman–Crippen MR) is 78.9 cm³/mol. The van der Waals surface area contributed by atoms with Gasteiger partial charge >= 0.3 is 0 Å². The van der Waals surface area contributed by atoms with E-state index in [2.05, 4.69) is 44.4 Å². The zero-order valence-corrected chi connectivity index (χ0v) is 12.4. The Morgan fingerprint density at radius 3 is 2.61 bits per heavy atom. The monoisotopic (exact) mass is 324 g/mol. The van der Waals surface area contributed by atoms with Crippen molar-refractivity contribution in [3.05, 3.63) is 63.3 Å². The summed E-state index contributed by atoms with van der Waals surface area (Å²) in [5, 5.41) is 4.08. The largest absolute Gasteiger partial charge is 0.313 e. The van der Waals surface area contributed by atoms with E-state index in [-0.39, 0.29) is 6.04 Å². The third-order valence-corrected chi connectivity index (χ3v) is 3.51. The first-order valence-electron chi connectivity index (χ1n) is 5.71. The van der Waals surface area contributed by atoms with Crippen molar-refractivity contribution in [1.82, 2.24) is 10.3 Å². The van der Waals surface area contributed by atoms with E-state index in [4.69, 9.17) is 11.6 Å². The first-order chi connectivity index (χ1) is 8.69. The molecule has 1 unspecified atom stereocenters. The molecule has 0 aliphatic carbocycles. The quantitative estimate of drug-likeness (QED) is 0.919. The third kappa shape index (κ3) is 3.55. The number of benzene rings is 1. The molecule has 0 saturated carbocycles. The molecule has 0 spiro atoms. The van der Waals surface area contributed by atoms with Crippen LogP contribution in [0.1, 0.15) is 17.2 Å². The van der Waals surface area contributed by atoms with Gasteiger partial charge in [-0.15, -0.1) is 0 Å². The molecule has 2 aromatic rings. The van der Waals surface area contributed by atoms with Crippen LogP contribution in [0.2, 0.25) is 5.02 Å². The topological polar surface area (TPSA) is 24.9 Å². The number of nitrogens with zero attached hydrogens (tertiary/aromatic N) is 1. The Labute approximate surface area is 121 Å². The molecule has 0 radical (unpaired) electrons. The van der Waals surface area contributed by atoms with Gasteiger partial charge in [0.05, 0.1) is 0 Å². The molecule has 0 amide bonds. The van der Waals surface area contributed by atoms with Gasteiger partial charge in [-0.2, -0.15) is 0 Å². The van der Waals surface area contributed by atoms with Gasteiger partial charge in [0.15, 0.2) is 0 Å². The van der Waals surface area contributed by atoms with Crippen molar-refractivity contribution in [1.29, 1.82) is 0 Å². The lowest BCUT2D eigenvalue weighted by Crippen LogP contribution is -2.18. The van der Waals surface area contributed by atoms with Crippen LogP contribution in [0.4, 0.5) is 0 Å². The second-order valence-electron chi connectivity index (χ2n) is 4.11. The first-order valence-corrected chi connectivity index (χ1v) is 6.88. The summed E-state index contributed by atoms with van der Waals surface area (Å²) in [5.74, 6) is 0. The van der Waals surface area contributed by atoms with Crippen LogP contribution < -0.4 is 5.32 Å². The zero-order valence-electron chi connectivity index (χ0n) is 10.0. The van der Waals surface area contributed by atoms with E-state index in [1.807, 2.05) is 25.4 Å². The molecule has 1 atom stereocenters. The molecule has 0 aliphatic heterocycles. The number of pyridine rings is 1. The van der Waals surface area contributed by atoms with Crippen LogP contribution in [-0.4, -0.2) is 12.0 Å². The van der Waals surface area contributed by atoms with Crippen LogP contribution >= 0.6 is 27.5 Å². The van der Waals surface area contributed by atoms with Crippen LogP contribution in [0.5, 0.6) is 0 Å². The molecule has 1 heterocycles. The van der Waals surface area contributed by atoms with E-state index in [0.717, 1.165) is 15.9 Å². The van der Waals surface area contributed by atoms with E-state index in [0.29, 0.717) is 0 Å². The molecular weight excluding hydrogens is 312 g/mol. The molecule has 94 valence electrons. The van der Waals surface area contributed by atoms with Gasteiger partial charge in [-0.25, -0.2) is 0 Å². The number of halogens is 2. The van der Waals surface area contributed by atoms with Crippen molar-refractivity contribution in [2.24, 2.45) is 0 Å². The molecular formula is C14H14BrClN2. The maximum absolute atomic E-state index is 5.90. The summed E-state index contributed by atoms with van der Waals surface area (Å²) in [7, 11) is 1.96. The van der Waals surface area contributed by atoms with E-state index in [9.17, 15) is 0 Å². The lowest BCUT2D eigenvalue weighted by atomic mass is 10.0. The number of nitrogens with one attached hydrogen (secondary N) is 1. The normalized spacial score (nSPS) is 12.4. The summed E-state index contributed by atoms with van der Waals surface area (Å²) in [6, 6.07) is 10.3. The Morgan fingerprint density at radius 2 is 2.00 bits per heavy atom. The zero-order chi connectivity index (χ0) is 13.0. The summed E-state index contributed by atoms with van der Waals surface area (Å²) >= 11 is 9.34. The standard InChI is InChI=1S/C14H14BrClN2/c1-17-14(11-2-4-13(16)5-3-11)7-10-6-12(15)9-18-8-10/h2-6,8-9,14,17H,7H2,1H3. The Morgan fingerprint density at radius 1 is 1.28 bits per heavy atom. The van der Waals surface area contributed by atoms with Gasteiger partial charge in [0.2, 0.25) is 0 Å². The van der Waals surface area contributed by atoms with E-state index >= 15 is 0 Å². The summed E-state index contributed by atoms with van der Waals surface area (Å²) in [5.41, 5.74) is 2.42. The average molecular weight is 326 g/mol. The van der Waals surface area contributed by atoms with Crippen molar-refractivity contribution in [3.8, 4) is 0 Å². The SMILES string of the molecule is CNC(Cc1cncc(Br)c1)c1ccc(Cl)cc1. The highest BCUT2D eigenvalue weighted by molar-refractivity contribution is 9.10. The fourth-order valence-electron chi connectivity index (χ4n) is 1.88. The fourth-order valence-corrected chi connectivity index (χ4v) is 2.42. The molecule has 1 aromatic carbocycles. The van der Waals surface area contributed by atoms with E-state index in [1.54, 1.807) is 6.20 Å². The minimum absolute atomic E-state index is 0.262. The molecule has 1 aromatic heterocycles. The molecule has 4 heteroatoms. The highest BCUT2D eigenvalue weighted by Crippen LogP contribution is 2.21. The number of aromatic nitrogens is 1. The van der Waals surface area contributed by atoms with Gasteiger partial charge in [0, 0.05) is 27.9 Å². The lowest BCUT2D eigenvalue weighted by Gasteiger charge is -2.16. The van der Waals surface area contributed by atoms with Crippen molar-refractivity contribution in [3.63, 3.8) is 0 Å². The molecule has 1 N–H and O–H groups in total. The van der Waals surface area contributed by atoms with Gasteiger partial charge < -0.3 is 5.32 Å². The van der Waals surface area contributed by atoms with Crippen LogP contribution in [-0.2, 0) is 6.42 Å². The van der Waals surface area contributed by atoms with Crippen LogP contribution in [0.3, 0.4) is 0 Å². The summed E-state index contributed by atoms with van der Waals surface area (Å²) in [6.45, 7) is 0. The third-order valence-electron chi connectivity index (χ3n) is 2.82. The second kappa shape index (κ2) is 6.32. The van der Waals surface area contributed by atoms with Crippen molar-refractivity contribution in [2.75, 3.05) is 7.05 Å². The molecule has 0 bridgehead atoms. The van der Waals surface area contributed by atoms with Gasteiger partial charge in [-0.05, 0) is 58.7 Å². The summed E-state index contributed by atoms with van der Waals surface area (Å²) in [6.07, 6.45) is 4.58. The Bertz CT molecular complexity index is 513. The highest BCUT2D eigenvalue weighted by atomic mass is 79.9. The van der Waals surface area contributed by atoms with Crippen LogP contribution in [0, 0.1) is 0 Å². The Balaban J connectivity index is 2.17. The smallest absolute Gasteiger partial charge is 0.0410 e. The summed E-state index contributed by atoms with van der Waals surface area (Å²) in [4.78, 5) is 4.18. The van der Waals surface area contributed by atoms with Crippen molar-refractivity contribution >= 4 is 27.5 Å².